The fourth-order valence-corrected chi connectivity index (χ4v) is 4.09. The molecule has 0 radical (unpaired) electrons. The van der Waals surface area contributed by atoms with Gasteiger partial charge in [-0.1, -0.05) is 41.9 Å². The number of hydrogen-bond acceptors (Lipinski definition) is 4. The van der Waals surface area contributed by atoms with Gasteiger partial charge in [-0.3, -0.25) is 9.69 Å². The maximum atomic E-state index is 12.6. The molecule has 1 aliphatic heterocycles. The first-order valence-electron chi connectivity index (χ1n) is 9.85. The van der Waals surface area contributed by atoms with Crippen LogP contribution >= 0.6 is 11.6 Å². The Bertz CT molecular complexity index is 826. The van der Waals surface area contributed by atoms with Crippen LogP contribution in [0.5, 0.6) is 11.5 Å². The van der Waals surface area contributed by atoms with Crippen LogP contribution in [0.2, 0.25) is 5.02 Å². The van der Waals surface area contributed by atoms with Crippen molar-refractivity contribution in [2.75, 3.05) is 13.2 Å². The summed E-state index contributed by atoms with van der Waals surface area (Å²) >= 11 is 6.34. The molecule has 2 aromatic carbocycles. The van der Waals surface area contributed by atoms with Crippen LogP contribution in [0.15, 0.2) is 42.5 Å². The largest absolute Gasteiger partial charge is 0.464 e. The van der Waals surface area contributed by atoms with Crippen molar-refractivity contribution in [3.05, 3.63) is 58.6 Å². The first kappa shape index (κ1) is 20.7. The molecule has 0 N–H and O–H groups in total. The molecule has 150 valence electrons. The summed E-state index contributed by atoms with van der Waals surface area (Å²) < 4.78 is 11.6. The summed E-state index contributed by atoms with van der Waals surface area (Å²) in [5.74, 6) is 1.04. The molecule has 0 bridgehead atoms. The molecule has 4 nitrogen and oxygen atoms in total. The highest BCUT2D eigenvalue weighted by molar-refractivity contribution is 6.32. The van der Waals surface area contributed by atoms with E-state index in [-0.39, 0.29) is 18.3 Å². The fourth-order valence-electron chi connectivity index (χ4n) is 3.87. The van der Waals surface area contributed by atoms with E-state index in [2.05, 4.69) is 32.6 Å². The predicted molar refractivity (Wildman–Crippen MR) is 112 cm³/mol. The lowest BCUT2D eigenvalue weighted by molar-refractivity contribution is -0.144. The van der Waals surface area contributed by atoms with Gasteiger partial charge in [0.25, 0.3) is 0 Å². The van der Waals surface area contributed by atoms with Gasteiger partial charge in [-0.2, -0.15) is 0 Å². The minimum absolute atomic E-state index is 0.127. The number of carbonyl (C=O) groups is 1. The van der Waals surface area contributed by atoms with Crippen LogP contribution < -0.4 is 4.74 Å². The van der Waals surface area contributed by atoms with Gasteiger partial charge in [-0.15, -0.1) is 0 Å². The number of carbonyl (C=O) groups excluding carboxylic acids is 1. The van der Waals surface area contributed by atoms with Gasteiger partial charge in [0.1, 0.15) is 18.1 Å². The zero-order valence-electron chi connectivity index (χ0n) is 16.9. The van der Waals surface area contributed by atoms with Gasteiger partial charge in [0.15, 0.2) is 0 Å². The topological polar surface area (TPSA) is 38.8 Å². The molecule has 2 aromatic rings. The standard InChI is InChI=1S/C23H28ClNO3/c1-15(2)25(16(3)4)12-13-27-22(26)14-19-17-8-5-6-11-21(17)28-23-18(19)9-7-10-20(23)24/h5-11,15-16,19H,12-14H2,1-4H3. The van der Waals surface area contributed by atoms with Crippen LogP contribution in [0.3, 0.4) is 0 Å². The normalized spacial score (nSPS) is 15.4. The highest BCUT2D eigenvalue weighted by Gasteiger charge is 2.30. The molecule has 5 heteroatoms. The second-order valence-corrected chi connectivity index (χ2v) is 8.11. The number of halogens is 1. The SMILES string of the molecule is CC(C)N(CCOC(=O)CC1c2ccccc2Oc2c(Cl)cccc21)C(C)C. The van der Waals surface area contributed by atoms with Crippen molar-refractivity contribution in [1.29, 1.82) is 0 Å². The maximum absolute atomic E-state index is 12.6. The van der Waals surface area contributed by atoms with Crippen LogP contribution in [-0.2, 0) is 9.53 Å². The second-order valence-electron chi connectivity index (χ2n) is 7.70. The smallest absolute Gasteiger partial charge is 0.306 e. The van der Waals surface area contributed by atoms with E-state index in [1.165, 1.54) is 0 Å². The van der Waals surface area contributed by atoms with E-state index in [0.717, 1.165) is 23.4 Å². The summed E-state index contributed by atoms with van der Waals surface area (Å²) in [6, 6.07) is 14.3. The minimum atomic E-state index is -0.208. The minimum Gasteiger partial charge on any atom is -0.464 e. The molecule has 0 aliphatic carbocycles. The molecule has 0 amide bonds. The number of fused-ring (bicyclic) bond motifs is 2. The Morgan fingerprint density at radius 2 is 1.75 bits per heavy atom. The van der Waals surface area contributed by atoms with E-state index in [1.807, 2.05) is 36.4 Å². The number of rotatable bonds is 7. The molecule has 0 saturated heterocycles. The number of esters is 1. The van der Waals surface area contributed by atoms with E-state index < -0.39 is 0 Å². The summed E-state index contributed by atoms with van der Waals surface area (Å²) in [5, 5.41) is 0.551. The van der Waals surface area contributed by atoms with Crippen molar-refractivity contribution >= 4 is 17.6 Å². The third kappa shape index (κ3) is 4.50. The summed E-state index contributed by atoms with van der Waals surface area (Å²) in [6.07, 6.45) is 0.261. The molecule has 1 heterocycles. The molecule has 0 aromatic heterocycles. The molecular formula is C23H28ClNO3. The average Bonchev–Trinajstić information content (AvgIpc) is 2.65. The number of ether oxygens (including phenoxy) is 2. The van der Waals surface area contributed by atoms with Crippen molar-refractivity contribution in [2.45, 2.75) is 52.1 Å². The Balaban J connectivity index is 1.72. The van der Waals surface area contributed by atoms with Crippen LogP contribution in [0.25, 0.3) is 0 Å². The van der Waals surface area contributed by atoms with Crippen molar-refractivity contribution in [2.24, 2.45) is 0 Å². The molecule has 1 atom stereocenters. The zero-order valence-corrected chi connectivity index (χ0v) is 17.7. The van der Waals surface area contributed by atoms with E-state index in [0.29, 0.717) is 29.5 Å². The average molecular weight is 402 g/mol. The van der Waals surface area contributed by atoms with Gasteiger partial charge >= 0.3 is 5.97 Å². The maximum Gasteiger partial charge on any atom is 0.306 e. The van der Waals surface area contributed by atoms with Gasteiger partial charge in [0.2, 0.25) is 0 Å². The Morgan fingerprint density at radius 3 is 2.46 bits per heavy atom. The van der Waals surface area contributed by atoms with E-state index in [9.17, 15) is 4.79 Å². The van der Waals surface area contributed by atoms with Crippen molar-refractivity contribution in [3.8, 4) is 11.5 Å². The van der Waals surface area contributed by atoms with Gasteiger partial charge in [-0.05, 0) is 39.8 Å². The molecule has 0 spiro atoms. The van der Waals surface area contributed by atoms with E-state index >= 15 is 0 Å². The van der Waals surface area contributed by atoms with Gasteiger partial charge < -0.3 is 9.47 Å². The summed E-state index contributed by atoms with van der Waals surface area (Å²) in [6.45, 7) is 9.74. The first-order chi connectivity index (χ1) is 13.4. The fraction of sp³-hybridized carbons (Fsp3) is 0.435. The Labute approximate surface area is 172 Å². The van der Waals surface area contributed by atoms with Gasteiger partial charge in [0, 0.05) is 35.7 Å². The number of benzene rings is 2. The molecule has 28 heavy (non-hydrogen) atoms. The summed E-state index contributed by atoms with van der Waals surface area (Å²) in [7, 11) is 0. The van der Waals surface area contributed by atoms with Crippen LogP contribution in [-0.4, -0.2) is 36.1 Å². The summed E-state index contributed by atoms with van der Waals surface area (Å²) in [4.78, 5) is 14.9. The third-order valence-corrected chi connectivity index (χ3v) is 5.49. The molecule has 1 aliphatic rings. The van der Waals surface area contributed by atoms with E-state index in [1.54, 1.807) is 6.07 Å². The number of hydrogen-bond donors (Lipinski definition) is 0. The van der Waals surface area contributed by atoms with Crippen LogP contribution in [0.1, 0.15) is 51.2 Å². The number of nitrogens with zero attached hydrogens (tertiary/aromatic N) is 1. The van der Waals surface area contributed by atoms with Gasteiger partial charge in [-0.25, -0.2) is 0 Å². The van der Waals surface area contributed by atoms with Crippen LogP contribution in [0.4, 0.5) is 0 Å². The highest BCUT2D eigenvalue weighted by atomic mass is 35.5. The lowest BCUT2D eigenvalue weighted by Crippen LogP contribution is -2.39. The monoisotopic (exact) mass is 401 g/mol. The molecule has 1 unspecified atom stereocenters. The number of para-hydroxylation sites is 2. The van der Waals surface area contributed by atoms with Crippen molar-refractivity contribution in [3.63, 3.8) is 0 Å². The van der Waals surface area contributed by atoms with Gasteiger partial charge in [0.05, 0.1) is 11.4 Å². The van der Waals surface area contributed by atoms with Crippen molar-refractivity contribution < 1.29 is 14.3 Å². The highest BCUT2D eigenvalue weighted by Crippen LogP contribution is 2.48. The Hall–Kier alpha value is -2.04. The Morgan fingerprint density at radius 1 is 1.07 bits per heavy atom. The molecule has 0 fully saturated rings. The quantitative estimate of drug-likeness (QED) is 0.563. The van der Waals surface area contributed by atoms with Crippen molar-refractivity contribution in [1.82, 2.24) is 4.90 Å². The zero-order chi connectivity index (χ0) is 20.3. The Kier molecular flexibility index (Phi) is 6.63. The molecule has 3 rings (SSSR count). The van der Waals surface area contributed by atoms with E-state index in [4.69, 9.17) is 21.1 Å². The van der Waals surface area contributed by atoms with Crippen LogP contribution in [0, 0.1) is 0 Å². The molecular weight excluding hydrogens is 374 g/mol. The lowest BCUT2D eigenvalue weighted by atomic mass is 9.85. The summed E-state index contributed by atoms with van der Waals surface area (Å²) in [5.41, 5.74) is 1.91. The first-order valence-corrected chi connectivity index (χ1v) is 10.2. The lowest BCUT2D eigenvalue weighted by Gasteiger charge is -2.30. The molecule has 0 saturated carbocycles. The second kappa shape index (κ2) is 8.97. The predicted octanol–water partition coefficient (Wildman–Crippen LogP) is 5.63. The third-order valence-electron chi connectivity index (χ3n) is 5.19.